The molecule has 1 aromatic carbocycles. The van der Waals surface area contributed by atoms with E-state index in [2.05, 4.69) is 25.9 Å². The maximum absolute atomic E-state index is 12.0. The van der Waals surface area contributed by atoms with E-state index in [-0.39, 0.29) is 12.4 Å². The molecular formula is C20H20ClN5O4. The maximum atomic E-state index is 12.0. The number of anilines is 4. The van der Waals surface area contributed by atoms with Gasteiger partial charge in [-0.25, -0.2) is 9.97 Å². The van der Waals surface area contributed by atoms with Crippen LogP contribution in [0.25, 0.3) is 0 Å². The molecule has 0 aliphatic rings. The van der Waals surface area contributed by atoms with Gasteiger partial charge in [-0.3, -0.25) is 9.59 Å². The molecule has 9 nitrogen and oxygen atoms in total. The van der Waals surface area contributed by atoms with E-state index in [1.165, 1.54) is 6.20 Å². The predicted octanol–water partition coefficient (Wildman–Crippen LogP) is 3.69. The van der Waals surface area contributed by atoms with Gasteiger partial charge >= 0.3 is 0 Å². The highest BCUT2D eigenvalue weighted by Crippen LogP contribution is 2.29. The Labute approximate surface area is 178 Å². The summed E-state index contributed by atoms with van der Waals surface area (Å²) in [6, 6.07) is 12.4. The van der Waals surface area contributed by atoms with Gasteiger partial charge in [-0.2, -0.15) is 0 Å². The number of amides is 1. The van der Waals surface area contributed by atoms with Crippen molar-refractivity contribution < 1.29 is 19.4 Å². The van der Waals surface area contributed by atoms with Crippen molar-refractivity contribution in [3.8, 4) is 5.75 Å². The maximum Gasteiger partial charge on any atom is 0.290 e. The van der Waals surface area contributed by atoms with E-state index >= 15 is 0 Å². The van der Waals surface area contributed by atoms with Crippen molar-refractivity contribution in [3.63, 3.8) is 0 Å². The Hall–Kier alpha value is -3.85. The first-order valence-corrected chi connectivity index (χ1v) is 8.98. The number of pyridine rings is 2. The lowest BCUT2D eigenvalue weighted by atomic mass is 10.1. The van der Waals surface area contributed by atoms with E-state index in [9.17, 15) is 4.79 Å². The van der Waals surface area contributed by atoms with Crippen LogP contribution in [0.5, 0.6) is 5.75 Å². The molecule has 0 spiro atoms. The van der Waals surface area contributed by atoms with Gasteiger partial charge in [-0.1, -0.05) is 23.7 Å². The summed E-state index contributed by atoms with van der Waals surface area (Å²) in [6.07, 6.45) is 3.16. The lowest BCUT2D eigenvalue weighted by Crippen LogP contribution is -2.19. The molecular weight excluding hydrogens is 410 g/mol. The number of para-hydroxylation sites is 1. The van der Waals surface area contributed by atoms with E-state index in [0.29, 0.717) is 39.3 Å². The van der Waals surface area contributed by atoms with Gasteiger partial charge in [0, 0.05) is 25.4 Å². The molecule has 4 N–H and O–H groups in total. The first kappa shape index (κ1) is 22.4. The number of hydrogen-bond donors (Lipinski definition) is 4. The minimum absolute atomic E-state index is 0.192. The Bertz CT molecular complexity index is 1020. The molecule has 3 aromatic rings. The van der Waals surface area contributed by atoms with Crippen LogP contribution in [0.15, 0.2) is 54.9 Å². The molecule has 0 bridgehead atoms. The second kappa shape index (κ2) is 11.2. The molecule has 2 heterocycles. The molecule has 0 atom stereocenters. The zero-order valence-electron chi connectivity index (χ0n) is 16.2. The first-order chi connectivity index (χ1) is 14.5. The summed E-state index contributed by atoms with van der Waals surface area (Å²) < 4.78 is 5.19. The van der Waals surface area contributed by atoms with Gasteiger partial charge in [-0.15, -0.1) is 0 Å². The zero-order chi connectivity index (χ0) is 21.9. The highest BCUT2D eigenvalue weighted by atomic mass is 35.5. The Balaban J connectivity index is 0.00000101. The number of carbonyl (C=O) groups is 2. The van der Waals surface area contributed by atoms with Crippen LogP contribution in [0.4, 0.5) is 23.0 Å². The summed E-state index contributed by atoms with van der Waals surface area (Å²) >= 11 is 6.27. The highest BCUT2D eigenvalue weighted by molar-refractivity contribution is 6.33. The summed E-state index contributed by atoms with van der Waals surface area (Å²) in [7, 11) is 3.17. The third kappa shape index (κ3) is 6.08. The molecule has 0 unspecified atom stereocenters. The number of carboxylic acid groups (broad SMARTS) is 1. The fourth-order valence-electron chi connectivity index (χ4n) is 2.41. The van der Waals surface area contributed by atoms with Crippen molar-refractivity contribution in [1.82, 2.24) is 15.3 Å². The van der Waals surface area contributed by atoms with E-state index in [0.717, 1.165) is 0 Å². The van der Waals surface area contributed by atoms with Gasteiger partial charge in [0.05, 0.1) is 35.3 Å². The Kier molecular flexibility index (Phi) is 8.40. The minimum atomic E-state index is -0.250. The third-order valence-corrected chi connectivity index (χ3v) is 4.05. The Morgan fingerprint density at radius 3 is 2.50 bits per heavy atom. The van der Waals surface area contributed by atoms with Crippen LogP contribution in [0.3, 0.4) is 0 Å². The van der Waals surface area contributed by atoms with Crippen molar-refractivity contribution in [2.75, 3.05) is 24.8 Å². The molecule has 0 saturated carbocycles. The van der Waals surface area contributed by atoms with Crippen LogP contribution in [0.2, 0.25) is 5.02 Å². The Morgan fingerprint density at radius 2 is 1.80 bits per heavy atom. The fourth-order valence-corrected chi connectivity index (χ4v) is 2.56. The summed E-state index contributed by atoms with van der Waals surface area (Å²) in [5.74, 6) is 1.61. The van der Waals surface area contributed by atoms with Crippen LogP contribution < -0.4 is 20.7 Å². The predicted molar refractivity (Wildman–Crippen MR) is 115 cm³/mol. The number of aromatic nitrogens is 2. The molecule has 2 aromatic heterocycles. The number of nitrogens with zero attached hydrogens (tertiary/aromatic N) is 2. The van der Waals surface area contributed by atoms with Crippen LogP contribution in [0.1, 0.15) is 10.4 Å². The number of rotatable bonds is 6. The summed E-state index contributed by atoms with van der Waals surface area (Å²) in [4.78, 5) is 28.9. The molecule has 3 rings (SSSR count). The molecule has 156 valence electrons. The summed E-state index contributed by atoms with van der Waals surface area (Å²) in [5.41, 5.74) is 1.75. The van der Waals surface area contributed by atoms with Gasteiger partial charge in [0.1, 0.15) is 17.4 Å². The second-order valence-corrected chi connectivity index (χ2v) is 6.02. The number of halogens is 1. The highest BCUT2D eigenvalue weighted by Gasteiger charge is 2.11. The van der Waals surface area contributed by atoms with E-state index < -0.39 is 0 Å². The average Bonchev–Trinajstić information content (AvgIpc) is 2.76. The number of methoxy groups -OCH3 is 1. The van der Waals surface area contributed by atoms with Crippen LogP contribution >= 0.6 is 11.6 Å². The molecule has 0 fully saturated rings. The van der Waals surface area contributed by atoms with Crippen molar-refractivity contribution in [2.45, 2.75) is 0 Å². The molecule has 0 aliphatic heterocycles. The average molecular weight is 430 g/mol. The number of carbonyl (C=O) groups excluding carboxylic acids is 1. The number of benzene rings is 1. The van der Waals surface area contributed by atoms with Crippen molar-refractivity contribution in [1.29, 1.82) is 0 Å². The van der Waals surface area contributed by atoms with E-state index in [1.807, 2.05) is 6.07 Å². The van der Waals surface area contributed by atoms with Crippen LogP contribution in [-0.4, -0.2) is 41.6 Å². The van der Waals surface area contributed by atoms with Crippen molar-refractivity contribution in [3.05, 3.63) is 65.4 Å². The number of nitrogens with one attached hydrogen (secondary N) is 3. The van der Waals surface area contributed by atoms with Gasteiger partial charge in [-0.05, 0) is 18.2 Å². The largest absolute Gasteiger partial charge is 0.497 e. The summed E-state index contributed by atoms with van der Waals surface area (Å²) in [5, 5.41) is 16.2. The first-order valence-electron chi connectivity index (χ1n) is 8.61. The molecule has 0 saturated heterocycles. The van der Waals surface area contributed by atoms with Crippen molar-refractivity contribution >= 4 is 47.0 Å². The topological polar surface area (TPSA) is 125 Å². The van der Waals surface area contributed by atoms with Gasteiger partial charge in [0.15, 0.2) is 0 Å². The molecule has 0 aliphatic carbocycles. The second-order valence-electron chi connectivity index (χ2n) is 5.61. The quantitative estimate of drug-likeness (QED) is 0.437. The molecule has 0 radical (unpaired) electrons. The monoisotopic (exact) mass is 429 g/mol. The van der Waals surface area contributed by atoms with Gasteiger partial charge < -0.3 is 25.8 Å². The number of hydrogen-bond acceptors (Lipinski definition) is 7. The zero-order valence-corrected chi connectivity index (χ0v) is 17.0. The Morgan fingerprint density at radius 1 is 1.10 bits per heavy atom. The molecule has 10 heteroatoms. The SMILES string of the molecule is CNC(=O)c1ccccc1Nc1cc(Nc2cc(OC)ccn2)ncc1Cl.O=CO. The lowest BCUT2D eigenvalue weighted by molar-refractivity contribution is -0.122. The fraction of sp³-hybridized carbons (Fsp3) is 0.100. The minimum Gasteiger partial charge on any atom is -0.497 e. The normalized spacial score (nSPS) is 9.57. The molecule has 1 amide bonds. The van der Waals surface area contributed by atoms with Crippen LogP contribution in [0, 0.1) is 0 Å². The molecule has 30 heavy (non-hydrogen) atoms. The van der Waals surface area contributed by atoms with Crippen LogP contribution in [-0.2, 0) is 4.79 Å². The summed E-state index contributed by atoms with van der Waals surface area (Å²) in [6.45, 7) is -0.250. The van der Waals surface area contributed by atoms with Gasteiger partial charge in [0.2, 0.25) is 0 Å². The van der Waals surface area contributed by atoms with Crippen molar-refractivity contribution in [2.24, 2.45) is 0 Å². The van der Waals surface area contributed by atoms with Gasteiger partial charge in [0.25, 0.3) is 12.4 Å². The number of ether oxygens (including phenoxy) is 1. The van der Waals surface area contributed by atoms with E-state index in [1.54, 1.807) is 56.8 Å². The lowest BCUT2D eigenvalue weighted by Gasteiger charge is -2.14. The third-order valence-electron chi connectivity index (χ3n) is 3.75. The standard InChI is InChI=1S/C19H18ClN5O2.CH2O2/c1-21-19(26)13-5-3-4-6-15(13)24-16-10-18(23-11-14(16)20)25-17-9-12(27-2)7-8-22-17;2-1-3/h3-11H,1-2H3,(H,21,26)(H2,22,23,24,25);1H,(H,2,3). The van der Waals surface area contributed by atoms with E-state index in [4.69, 9.17) is 26.2 Å². The smallest absolute Gasteiger partial charge is 0.290 e.